The summed E-state index contributed by atoms with van der Waals surface area (Å²) in [6.45, 7) is 1.69. The number of carbonyl (C=O) groups excluding carboxylic acids is 1. The molecule has 0 radical (unpaired) electrons. The molecule has 106 valence electrons. The normalized spacial score (nSPS) is 13.3. The van der Waals surface area contributed by atoms with E-state index in [1.807, 2.05) is 0 Å². The second-order valence-electron chi connectivity index (χ2n) is 4.19. The summed E-state index contributed by atoms with van der Waals surface area (Å²) in [7, 11) is -0.825. The van der Waals surface area contributed by atoms with E-state index >= 15 is 0 Å². The zero-order valence-corrected chi connectivity index (χ0v) is 11.8. The second kappa shape index (κ2) is 5.98. The summed E-state index contributed by atoms with van der Waals surface area (Å²) >= 11 is 0. The van der Waals surface area contributed by atoms with Crippen molar-refractivity contribution < 1.29 is 13.2 Å². The van der Waals surface area contributed by atoms with Crippen LogP contribution in [0, 0.1) is 5.92 Å². The summed E-state index contributed by atoms with van der Waals surface area (Å²) in [6, 6.07) is 2.37. The molecule has 1 atom stereocenters. The van der Waals surface area contributed by atoms with Crippen LogP contribution in [0.1, 0.15) is 6.92 Å². The molecule has 7 nitrogen and oxygen atoms in total. The fourth-order valence-electron chi connectivity index (χ4n) is 1.55. The van der Waals surface area contributed by atoms with Crippen LogP contribution < -0.4 is 10.9 Å². The summed E-state index contributed by atoms with van der Waals surface area (Å²) in [4.78, 5) is 24.6. The maximum atomic E-state index is 12.2. The van der Waals surface area contributed by atoms with Gasteiger partial charge in [-0.05, 0) is 6.07 Å². The quantitative estimate of drug-likeness (QED) is 0.753. The highest BCUT2D eigenvalue weighted by Crippen LogP contribution is 2.13. The Labute approximate surface area is 111 Å². The summed E-state index contributed by atoms with van der Waals surface area (Å²) in [6.07, 6.45) is 1.14. The highest BCUT2D eigenvalue weighted by Gasteiger charge is 2.24. The summed E-state index contributed by atoms with van der Waals surface area (Å²) < 4.78 is 25.4. The Kier molecular flexibility index (Phi) is 4.84. The van der Waals surface area contributed by atoms with E-state index in [-0.39, 0.29) is 22.9 Å². The van der Waals surface area contributed by atoms with Crippen LogP contribution in [0.3, 0.4) is 0 Å². The minimum absolute atomic E-state index is 0.0151. The summed E-state index contributed by atoms with van der Waals surface area (Å²) in [5.74, 6) is -0.698. The SMILES string of the molecule is CNC(=O)C(C)CN(C)S(=O)(=O)c1ccc(=O)[nH]c1. The van der Waals surface area contributed by atoms with Gasteiger partial charge in [0.05, 0.1) is 4.90 Å². The number of amides is 1. The van der Waals surface area contributed by atoms with Crippen molar-refractivity contribution in [2.24, 2.45) is 5.92 Å². The Morgan fingerprint density at radius 1 is 1.47 bits per heavy atom. The molecule has 1 rings (SSSR count). The number of aromatic nitrogens is 1. The van der Waals surface area contributed by atoms with Crippen molar-refractivity contribution >= 4 is 15.9 Å². The number of nitrogens with zero attached hydrogens (tertiary/aromatic N) is 1. The molecule has 19 heavy (non-hydrogen) atoms. The van der Waals surface area contributed by atoms with E-state index in [9.17, 15) is 18.0 Å². The molecule has 8 heteroatoms. The van der Waals surface area contributed by atoms with Gasteiger partial charge in [-0.1, -0.05) is 6.92 Å². The van der Waals surface area contributed by atoms with Gasteiger partial charge < -0.3 is 10.3 Å². The molecule has 0 aliphatic heterocycles. The van der Waals surface area contributed by atoms with Crippen LogP contribution in [0.5, 0.6) is 0 Å². The van der Waals surface area contributed by atoms with Gasteiger partial charge >= 0.3 is 0 Å². The molecule has 0 saturated carbocycles. The van der Waals surface area contributed by atoms with Gasteiger partial charge in [0, 0.05) is 38.8 Å². The van der Waals surface area contributed by atoms with Gasteiger partial charge in [0.1, 0.15) is 0 Å². The van der Waals surface area contributed by atoms with Crippen LogP contribution in [0.4, 0.5) is 0 Å². The smallest absolute Gasteiger partial charge is 0.247 e. The van der Waals surface area contributed by atoms with Gasteiger partial charge in [0.15, 0.2) is 0 Å². The third kappa shape index (κ3) is 3.65. The van der Waals surface area contributed by atoms with Crippen LogP contribution in [-0.2, 0) is 14.8 Å². The molecule has 2 N–H and O–H groups in total. The van der Waals surface area contributed by atoms with E-state index in [0.29, 0.717) is 0 Å². The van der Waals surface area contributed by atoms with E-state index in [4.69, 9.17) is 0 Å². The van der Waals surface area contributed by atoms with Crippen molar-refractivity contribution in [3.63, 3.8) is 0 Å². The van der Waals surface area contributed by atoms with Gasteiger partial charge in [0.25, 0.3) is 0 Å². The van der Waals surface area contributed by atoms with Crippen LogP contribution in [0.2, 0.25) is 0 Å². The monoisotopic (exact) mass is 287 g/mol. The number of pyridine rings is 1. The standard InChI is InChI=1S/C11H17N3O4S/c1-8(11(16)12-2)7-14(3)19(17,18)9-4-5-10(15)13-6-9/h4-6,8H,7H2,1-3H3,(H,12,16)(H,13,15). The summed E-state index contributed by atoms with van der Waals surface area (Å²) in [5, 5.41) is 2.46. The minimum atomic E-state index is -3.71. The fraction of sp³-hybridized carbons (Fsp3) is 0.455. The zero-order valence-electron chi connectivity index (χ0n) is 11.0. The molecule has 0 fully saturated rings. The number of H-pyrrole nitrogens is 1. The lowest BCUT2D eigenvalue weighted by atomic mass is 10.2. The highest BCUT2D eigenvalue weighted by molar-refractivity contribution is 7.89. The Morgan fingerprint density at radius 3 is 2.58 bits per heavy atom. The van der Waals surface area contributed by atoms with Gasteiger partial charge in [-0.3, -0.25) is 9.59 Å². The molecule has 1 aromatic rings. The maximum Gasteiger partial charge on any atom is 0.247 e. The fourth-order valence-corrected chi connectivity index (χ4v) is 2.78. The lowest BCUT2D eigenvalue weighted by Crippen LogP contribution is -2.37. The Bertz CT molecular complexity index is 588. The average molecular weight is 287 g/mol. The predicted octanol–water partition coefficient (Wildman–Crippen LogP) is -0.622. The van der Waals surface area contributed by atoms with E-state index < -0.39 is 15.9 Å². The first kappa shape index (κ1) is 15.4. The molecule has 0 aliphatic rings. The van der Waals surface area contributed by atoms with Crippen molar-refractivity contribution in [2.45, 2.75) is 11.8 Å². The molecule has 0 aromatic carbocycles. The Hall–Kier alpha value is -1.67. The highest BCUT2D eigenvalue weighted by atomic mass is 32.2. The molecule has 1 aromatic heterocycles. The Balaban J connectivity index is 2.91. The van der Waals surface area contributed by atoms with Crippen molar-refractivity contribution in [1.82, 2.24) is 14.6 Å². The molecule has 0 spiro atoms. The number of sulfonamides is 1. The molecule has 1 unspecified atom stereocenters. The summed E-state index contributed by atoms with van der Waals surface area (Å²) in [5.41, 5.74) is -0.375. The molecule has 1 heterocycles. The molecule has 0 bridgehead atoms. The van der Waals surface area contributed by atoms with Gasteiger partial charge in [-0.15, -0.1) is 0 Å². The van der Waals surface area contributed by atoms with E-state index in [2.05, 4.69) is 10.3 Å². The molecule has 1 amide bonds. The number of rotatable bonds is 5. The van der Waals surface area contributed by atoms with Gasteiger partial charge in [0.2, 0.25) is 21.5 Å². The lowest BCUT2D eigenvalue weighted by molar-refractivity contribution is -0.124. The Morgan fingerprint density at radius 2 is 2.11 bits per heavy atom. The first-order valence-corrected chi connectivity index (χ1v) is 7.09. The third-order valence-corrected chi connectivity index (χ3v) is 4.51. The lowest BCUT2D eigenvalue weighted by Gasteiger charge is -2.20. The van der Waals surface area contributed by atoms with Crippen molar-refractivity contribution in [3.8, 4) is 0 Å². The van der Waals surface area contributed by atoms with Crippen LogP contribution >= 0.6 is 0 Å². The molecule has 0 saturated heterocycles. The number of hydrogen-bond acceptors (Lipinski definition) is 4. The predicted molar refractivity (Wildman–Crippen MR) is 70.1 cm³/mol. The van der Waals surface area contributed by atoms with Crippen LogP contribution in [0.25, 0.3) is 0 Å². The topological polar surface area (TPSA) is 99.3 Å². The van der Waals surface area contributed by atoms with Crippen molar-refractivity contribution in [1.29, 1.82) is 0 Å². The zero-order chi connectivity index (χ0) is 14.6. The average Bonchev–Trinajstić information content (AvgIpc) is 2.38. The third-order valence-electron chi connectivity index (χ3n) is 2.69. The number of hydrogen-bond donors (Lipinski definition) is 2. The molecular formula is C11H17N3O4S. The molecular weight excluding hydrogens is 270 g/mol. The number of aromatic amines is 1. The van der Waals surface area contributed by atoms with E-state index in [1.165, 1.54) is 20.2 Å². The van der Waals surface area contributed by atoms with Crippen LogP contribution in [0.15, 0.2) is 28.0 Å². The van der Waals surface area contributed by atoms with E-state index in [0.717, 1.165) is 16.6 Å². The van der Waals surface area contributed by atoms with Gasteiger partial charge in [-0.25, -0.2) is 12.7 Å². The number of nitrogens with one attached hydrogen (secondary N) is 2. The first-order chi connectivity index (χ1) is 8.78. The minimum Gasteiger partial charge on any atom is -0.359 e. The van der Waals surface area contributed by atoms with E-state index in [1.54, 1.807) is 6.92 Å². The molecule has 0 aliphatic carbocycles. The van der Waals surface area contributed by atoms with Crippen molar-refractivity contribution in [2.75, 3.05) is 20.6 Å². The second-order valence-corrected chi connectivity index (χ2v) is 6.23. The number of carbonyl (C=O) groups is 1. The largest absolute Gasteiger partial charge is 0.359 e. The maximum absolute atomic E-state index is 12.2. The van der Waals surface area contributed by atoms with Crippen LogP contribution in [-0.4, -0.2) is 44.3 Å². The van der Waals surface area contributed by atoms with Crippen molar-refractivity contribution in [3.05, 3.63) is 28.7 Å². The van der Waals surface area contributed by atoms with Gasteiger partial charge in [-0.2, -0.15) is 0 Å². The first-order valence-electron chi connectivity index (χ1n) is 5.65.